The van der Waals surface area contributed by atoms with Crippen LogP contribution in [-0.2, 0) is 4.79 Å². The third-order valence-electron chi connectivity index (χ3n) is 5.96. The predicted molar refractivity (Wildman–Crippen MR) is 114 cm³/mol. The van der Waals surface area contributed by atoms with Crippen LogP contribution in [0, 0.1) is 5.41 Å². The summed E-state index contributed by atoms with van der Waals surface area (Å²) in [4.78, 5) is 12.1. The van der Waals surface area contributed by atoms with Gasteiger partial charge in [-0.2, -0.15) is 0 Å². The number of primary amides is 1. The summed E-state index contributed by atoms with van der Waals surface area (Å²) >= 11 is 17.9. The van der Waals surface area contributed by atoms with Gasteiger partial charge in [0, 0.05) is 28.6 Å². The van der Waals surface area contributed by atoms with E-state index in [0.29, 0.717) is 27.4 Å². The number of aliphatic hydroxyl groups is 1. The summed E-state index contributed by atoms with van der Waals surface area (Å²) in [5.74, 6) is -0.0290. The predicted octanol–water partition coefficient (Wildman–Crippen LogP) is 4.13. The summed E-state index contributed by atoms with van der Waals surface area (Å²) in [6, 6.07) is 12.0. The Labute approximate surface area is 184 Å². The molecule has 0 spiro atoms. The molecule has 8 heteroatoms. The van der Waals surface area contributed by atoms with Gasteiger partial charge < -0.3 is 20.9 Å². The van der Waals surface area contributed by atoms with Gasteiger partial charge in [0.15, 0.2) is 6.10 Å². The van der Waals surface area contributed by atoms with Gasteiger partial charge in [0.1, 0.15) is 5.75 Å². The van der Waals surface area contributed by atoms with E-state index in [4.69, 9.17) is 45.3 Å². The first-order chi connectivity index (χ1) is 13.7. The van der Waals surface area contributed by atoms with E-state index in [1.54, 1.807) is 30.3 Å². The maximum absolute atomic E-state index is 12.1. The number of nitrogens with two attached hydrogens (primary N) is 1. The minimum Gasteiger partial charge on any atom is -0.480 e. The summed E-state index contributed by atoms with van der Waals surface area (Å²) in [5, 5.41) is 15.2. The molecule has 2 aromatic carbocycles. The smallest absolute Gasteiger partial charge is 0.259 e. The zero-order chi connectivity index (χ0) is 20.8. The fourth-order valence-electron chi connectivity index (χ4n) is 4.62. The molecule has 0 heterocycles. The quantitative estimate of drug-likeness (QED) is 0.559. The molecule has 2 aromatic rings. The Kier molecular flexibility index (Phi) is 5.47. The van der Waals surface area contributed by atoms with Crippen molar-refractivity contribution in [2.24, 2.45) is 11.1 Å². The lowest BCUT2D eigenvalue weighted by Crippen LogP contribution is -2.79. The lowest BCUT2D eigenvalue weighted by atomic mass is 9.37. The Morgan fingerprint density at radius 3 is 2.34 bits per heavy atom. The second kappa shape index (κ2) is 7.64. The molecule has 5 rings (SSSR count). The molecular weight excluding hydrogens is 435 g/mol. The molecule has 2 bridgehead atoms. The Bertz CT molecular complexity index is 915. The summed E-state index contributed by atoms with van der Waals surface area (Å²) in [5.41, 5.74) is 6.08. The van der Waals surface area contributed by atoms with Crippen LogP contribution in [0.3, 0.4) is 0 Å². The molecule has 0 aromatic heterocycles. The molecule has 1 amide bonds. The average Bonchev–Trinajstić information content (AvgIpc) is 2.61. The Morgan fingerprint density at radius 1 is 1.10 bits per heavy atom. The van der Waals surface area contributed by atoms with Gasteiger partial charge in [-0.15, -0.1) is 0 Å². The van der Waals surface area contributed by atoms with Gasteiger partial charge in [0.05, 0.1) is 16.1 Å². The minimum atomic E-state index is -0.732. The number of amides is 1. The van der Waals surface area contributed by atoms with Gasteiger partial charge in [0.2, 0.25) is 0 Å². The topological polar surface area (TPSA) is 84.6 Å². The van der Waals surface area contributed by atoms with Crippen molar-refractivity contribution < 1.29 is 14.6 Å². The van der Waals surface area contributed by atoms with Crippen molar-refractivity contribution in [3.63, 3.8) is 0 Å². The Morgan fingerprint density at radius 2 is 1.76 bits per heavy atom. The number of β-amino-alcohol motifs (C(OH)–C–C–N with tert-alkyl or cyclic N) is 1. The summed E-state index contributed by atoms with van der Waals surface area (Å²) in [6.07, 6.45) is 0.938. The third kappa shape index (κ3) is 3.94. The van der Waals surface area contributed by atoms with Gasteiger partial charge in [-0.3, -0.25) is 4.79 Å². The van der Waals surface area contributed by atoms with Crippen LogP contribution < -0.4 is 15.8 Å². The largest absolute Gasteiger partial charge is 0.480 e. The SMILES string of the molecule is NC(=O)C(Oc1ccc(Cl)c(Cl)c1)C12CC(NCC(O)c3ccc(Cl)cc3)(C1)C2. The van der Waals surface area contributed by atoms with E-state index < -0.39 is 18.1 Å². The average molecular weight is 456 g/mol. The van der Waals surface area contributed by atoms with E-state index in [0.717, 1.165) is 24.8 Å². The molecule has 5 nitrogen and oxygen atoms in total. The number of benzene rings is 2. The number of hydrogen-bond donors (Lipinski definition) is 3. The van der Waals surface area contributed by atoms with Gasteiger partial charge in [-0.25, -0.2) is 0 Å². The van der Waals surface area contributed by atoms with Crippen molar-refractivity contribution >= 4 is 40.7 Å². The number of ether oxygens (including phenoxy) is 1. The zero-order valence-corrected chi connectivity index (χ0v) is 17.8. The van der Waals surface area contributed by atoms with Crippen molar-refractivity contribution in [1.29, 1.82) is 0 Å². The highest BCUT2D eigenvalue weighted by atomic mass is 35.5. The van der Waals surface area contributed by atoms with E-state index in [1.807, 2.05) is 12.1 Å². The van der Waals surface area contributed by atoms with E-state index in [9.17, 15) is 9.90 Å². The molecule has 0 radical (unpaired) electrons. The number of carbonyl (C=O) groups excluding carboxylic acids is 1. The van der Waals surface area contributed by atoms with Gasteiger partial charge in [0.25, 0.3) is 5.91 Å². The highest BCUT2D eigenvalue weighted by Gasteiger charge is 2.72. The molecule has 4 N–H and O–H groups in total. The Hall–Kier alpha value is -1.50. The number of carbonyl (C=O) groups is 1. The molecule has 0 aliphatic heterocycles. The second-order valence-corrected chi connectivity index (χ2v) is 9.35. The molecule has 3 saturated carbocycles. The fraction of sp³-hybridized carbons (Fsp3) is 0.381. The summed E-state index contributed by atoms with van der Waals surface area (Å²) < 4.78 is 5.90. The minimum absolute atomic E-state index is 0.0812. The van der Waals surface area contributed by atoms with E-state index in [1.165, 1.54) is 0 Å². The Balaban J connectivity index is 1.35. The zero-order valence-electron chi connectivity index (χ0n) is 15.5. The molecule has 3 aliphatic rings. The third-order valence-corrected chi connectivity index (χ3v) is 6.95. The van der Waals surface area contributed by atoms with Crippen molar-refractivity contribution in [2.45, 2.75) is 37.0 Å². The van der Waals surface area contributed by atoms with Gasteiger partial charge >= 0.3 is 0 Å². The molecular formula is C21H21Cl3N2O3. The van der Waals surface area contributed by atoms with Crippen LogP contribution in [-0.4, -0.2) is 29.2 Å². The van der Waals surface area contributed by atoms with E-state index in [2.05, 4.69) is 5.32 Å². The van der Waals surface area contributed by atoms with E-state index >= 15 is 0 Å². The van der Waals surface area contributed by atoms with Crippen molar-refractivity contribution in [3.05, 3.63) is 63.1 Å². The summed E-state index contributed by atoms with van der Waals surface area (Å²) in [7, 11) is 0. The summed E-state index contributed by atoms with van der Waals surface area (Å²) in [6.45, 7) is 0.423. The van der Waals surface area contributed by atoms with Crippen LogP contribution in [0.5, 0.6) is 5.75 Å². The monoisotopic (exact) mass is 454 g/mol. The first kappa shape index (κ1) is 20.8. The molecule has 2 atom stereocenters. The van der Waals surface area contributed by atoms with Gasteiger partial charge in [-0.1, -0.05) is 46.9 Å². The van der Waals surface area contributed by atoms with Crippen molar-refractivity contribution in [1.82, 2.24) is 5.32 Å². The standard InChI is InChI=1S/C21H21Cl3N2O3/c22-13-3-1-12(2-4-13)17(27)8-26-21-9-20(10-21,11-21)18(19(25)28)29-14-5-6-15(23)16(24)7-14/h1-7,17-18,26-27H,8-11H2,(H2,25,28). The highest BCUT2D eigenvalue weighted by molar-refractivity contribution is 6.42. The maximum atomic E-state index is 12.1. The number of hydrogen-bond acceptors (Lipinski definition) is 4. The number of nitrogens with one attached hydrogen (secondary N) is 1. The van der Waals surface area contributed by atoms with Crippen molar-refractivity contribution in [3.8, 4) is 5.75 Å². The lowest BCUT2D eigenvalue weighted by molar-refractivity contribution is -0.208. The first-order valence-corrected chi connectivity index (χ1v) is 10.5. The fourth-order valence-corrected chi connectivity index (χ4v) is 5.03. The van der Waals surface area contributed by atoms with Crippen LogP contribution in [0.2, 0.25) is 15.1 Å². The highest BCUT2D eigenvalue weighted by Crippen LogP contribution is 2.69. The number of halogens is 3. The molecule has 2 unspecified atom stereocenters. The second-order valence-electron chi connectivity index (χ2n) is 8.10. The normalized spacial score (nSPS) is 26.8. The van der Waals surface area contributed by atoms with Crippen LogP contribution >= 0.6 is 34.8 Å². The van der Waals surface area contributed by atoms with Gasteiger partial charge in [-0.05, 0) is 49.1 Å². The van der Waals surface area contributed by atoms with Crippen LogP contribution in [0.15, 0.2) is 42.5 Å². The first-order valence-electron chi connectivity index (χ1n) is 9.32. The molecule has 3 fully saturated rings. The number of aliphatic hydroxyl groups excluding tert-OH is 1. The van der Waals surface area contributed by atoms with Crippen LogP contribution in [0.1, 0.15) is 30.9 Å². The molecule has 154 valence electrons. The molecule has 29 heavy (non-hydrogen) atoms. The van der Waals surface area contributed by atoms with Crippen molar-refractivity contribution in [2.75, 3.05) is 6.54 Å². The van der Waals surface area contributed by atoms with E-state index in [-0.39, 0.29) is 11.0 Å². The van der Waals surface area contributed by atoms with Crippen LogP contribution in [0.25, 0.3) is 0 Å². The number of rotatable bonds is 8. The lowest BCUT2D eigenvalue weighted by Gasteiger charge is -2.72. The maximum Gasteiger partial charge on any atom is 0.259 e. The molecule has 3 aliphatic carbocycles. The van der Waals surface area contributed by atoms with Crippen LogP contribution in [0.4, 0.5) is 0 Å². The molecule has 0 saturated heterocycles.